The van der Waals surface area contributed by atoms with Gasteiger partial charge in [0.05, 0.1) is 29.4 Å². The van der Waals surface area contributed by atoms with Gasteiger partial charge < -0.3 is 0 Å². The van der Waals surface area contributed by atoms with Gasteiger partial charge in [0.25, 0.3) is 5.69 Å². The summed E-state index contributed by atoms with van der Waals surface area (Å²) in [4.78, 5) is 32.6. The molecule has 0 N–H and O–H groups in total. The van der Waals surface area contributed by atoms with Crippen molar-refractivity contribution in [3.8, 4) is 0 Å². The zero-order valence-electron chi connectivity index (χ0n) is 13.1. The van der Waals surface area contributed by atoms with E-state index in [4.69, 9.17) is 0 Å². The van der Waals surface area contributed by atoms with Crippen LogP contribution in [0, 0.1) is 10.1 Å². The number of nitro benzene ring substituents is 1. The first kappa shape index (κ1) is 16.3. The van der Waals surface area contributed by atoms with Gasteiger partial charge >= 0.3 is 0 Å². The van der Waals surface area contributed by atoms with Crippen molar-refractivity contribution in [2.75, 3.05) is 4.90 Å². The van der Waals surface area contributed by atoms with Crippen LogP contribution in [-0.4, -0.2) is 20.8 Å². The molecule has 1 aromatic heterocycles. The van der Waals surface area contributed by atoms with Gasteiger partial charge in [-0.15, -0.1) is 0 Å². The highest BCUT2D eigenvalue weighted by atomic mass is 16.6. The number of benzene rings is 2. The van der Waals surface area contributed by atoms with Crippen LogP contribution in [0.3, 0.4) is 0 Å². The molecule has 0 radical (unpaired) electrons. The van der Waals surface area contributed by atoms with Crippen molar-refractivity contribution in [1.82, 2.24) is 9.97 Å². The first-order valence-electron chi connectivity index (χ1n) is 7.51. The Morgan fingerprint density at radius 1 is 0.960 bits per heavy atom. The number of hydrogen-bond donors (Lipinski definition) is 0. The molecule has 2 aromatic carbocycles. The van der Waals surface area contributed by atoms with Gasteiger partial charge in [-0.2, -0.15) is 0 Å². The van der Waals surface area contributed by atoms with Gasteiger partial charge in [0.1, 0.15) is 6.33 Å². The predicted octanol–water partition coefficient (Wildman–Crippen LogP) is 3.29. The molecular formula is C18H14N4O3. The Kier molecular flexibility index (Phi) is 4.75. The van der Waals surface area contributed by atoms with E-state index in [-0.39, 0.29) is 18.0 Å². The Morgan fingerprint density at radius 3 is 2.20 bits per heavy atom. The highest BCUT2D eigenvalue weighted by molar-refractivity contribution is 6.01. The highest BCUT2D eigenvalue weighted by Gasteiger charge is 2.20. The molecular weight excluding hydrogens is 320 g/mol. The van der Waals surface area contributed by atoms with Gasteiger partial charge in [0.2, 0.25) is 5.91 Å². The predicted molar refractivity (Wildman–Crippen MR) is 92.4 cm³/mol. The molecule has 0 aliphatic rings. The Hall–Kier alpha value is -3.61. The molecule has 3 rings (SSSR count). The quantitative estimate of drug-likeness (QED) is 0.527. The standard InChI is InChI=1S/C18H14N4O3/c23-18(10-14-4-2-1-3-5-14)21(17-11-19-13-20-12-17)15-6-8-16(9-7-15)22(24)25/h1-9,11-13H,10H2. The van der Waals surface area contributed by atoms with E-state index >= 15 is 0 Å². The summed E-state index contributed by atoms with van der Waals surface area (Å²) in [5.74, 6) is -0.185. The van der Waals surface area contributed by atoms with Crippen molar-refractivity contribution in [3.05, 3.63) is 89.0 Å². The molecule has 0 aliphatic heterocycles. The molecule has 0 aliphatic carbocycles. The maximum atomic E-state index is 12.9. The molecule has 1 heterocycles. The van der Waals surface area contributed by atoms with Crippen LogP contribution in [0.5, 0.6) is 0 Å². The first-order valence-corrected chi connectivity index (χ1v) is 7.51. The molecule has 0 unspecified atom stereocenters. The van der Waals surface area contributed by atoms with E-state index in [1.54, 1.807) is 0 Å². The van der Waals surface area contributed by atoms with Crippen LogP contribution in [0.4, 0.5) is 17.1 Å². The van der Waals surface area contributed by atoms with Crippen molar-refractivity contribution in [2.24, 2.45) is 0 Å². The molecule has 0 saturated heterocycles. The minimum atomic E-state index is -0.481. The van der Waals surface area contributed by atoms with Crippen LogP contribution in [0.15, 0.2) is 73.3 Å². The molecule has 124 valence electrons. The van der Waals surface area contributed by atoms with Gasteiger partial charge in [0.15, 0.2) is 0 Å². The first-order chi connectivity index (χ1) is 12.1. The molecule has 7 heteroatoms. The fourth-order valence-corrected chi connectivity index (χ4v) is 2.42. The van der Waals surface area contributed by atoms with Crippen LogP contribution in [0.25, 0.3) is 0 Å². The topological polar surface area (TPSA) is 89.2 Å². The third kappa shape index (κ3) is 3.84. The fourth-order valence-electron chi connectivity index (χ4n) is 2.42. The number of nitro groups is 1. The normalized spacial score (nSPS) is 10.2. The molecule has 7 nitrogen and oxygen atoms in total. The van der Waals surface area contributed by atoms with Gasteiger partial charge in [0, 0.05) is 17.8 Å². The summed E-state index contributed by atoms with van der Waals surface area (Å²) in [5.41, 5.74) is 1.85. The lowest BCUT2D eigenvalue weighted by atomic mass is 10.1. The Labute approximate surface area is 143 Å². The number of carbonyl (C=O) groups is 1. The van der Waals surface area contributed by atoms with E-state index < -0.39 is 4.92 Å². The molecule has 0 saturated carbocycles. The molecule has 25 heavy (non-hydrogen) atoms. The second kappa shape index (κ2) is 7.31. The summed E-state index contributed by atoms with van der Waals surface area (Å²) in [6, 6.07) is 15.1. The number of carbonyl (C=O) groups excluding carboxylic acids is 1. The number of nitrogens with zero attached hydrogens (tertiary/aromatic N) is 4. The van der Waals surface area contributed by atoms with E-state index in [1.165, 1.54) is 47.9 Å². The van der Waals surface area contributed by atoms with Crippen molar-refractivity contribution >= 4 is 23.0 Å². The monoisotopic (exact) mass is 334 g/mol. The van der Waals surface area contributed by atoms with E-state index in [9.17, 15) is 14.9 Å². The maximum absolute atomic E-state index is 12.9. The van der Waals surface area contributed by atoms with Gasteiger partial charge in [-0.05, 0) is 17.7 Å². The summed E-state index contributed by atoms with van der Waals surface area (Å²) in [6.45, 7) is 0. The smallest absolute Gasteiger partial charge is 0.269 e. The van der Waals surface area contributed by atoms with E-state index in [0.717, 1.165) is 5.56 Å². The zero-order chi connectivity index (χ0) is 17.6. The molecule has 0 spiro atoms. The van der Waals surface area contributed by atoms with Gasteiger partial charge in [-0.3, -0.25) is 19.8 Å². The van der Waals surface area contributed by atoms with Gasteiger partial charge in [-0.1, -0.05) is 30.3 Å². The average Bonchev–Trinajstić information content (AvgIpc) is 2.64. The van der Waals surface area contributed by atoms with Crippen molar-refractivity contribution < 1.29 is 9.72 Å². The Morgan fingerprint density at radius 2 is 1.60 bits per heavy atom. The van der Waals surface area contributed by atoms with Crippen molar-refractivity contribution in [3.63, 3.8) is 0 Å². The lowest BCUT2D eigenvalue weighted by molar-refractivity contribution is -0.384. The Balaban J connectivity index is 1.95. The summed E-state index contributed by atoms with van der Waals surface area (Å²) < 4.78 is 0. The van der Waals surface area contributed by atoms with Crippen LogP contribution < -0.4 is 4.90 Å². The number of rotatable bonds is 5. The van der Waals surface area contributed by atoms with Crippen molar-refractivity contribution in [1.29, 1.82) is 0 Å². The molecule has 3 aromatic rings. The largest absolute Gasteiger partial charge is 0.278 e. The summed E-state index contributed by atoms with van der Waals surface area (Å²) >= 11 is 0. The third-order valence-corrected chi connectivity index (χ3v) is 3.57. The molecule has 0 fully saturated rings. The summed E-state index contributed by atoms with van der Waals surface area (Å²) in [6.07, 6.45) is 4.61. The number of hydrogen-bond acceptors (Lipinski definition) is 5. The molecule has 0 atom stereocenters. The number of amides is 1. The summed E-state index contributed by atoms with van der Waals surface area (Å²) in [5, 5.41) is 10.8. The SMILES string of the molecule is O=C(Cc1ccccc1)N(c1ccc([N+](=O)[O-])cc1)c1cncnc1. The third-order valence-electron chi connectivity index (χ3n) is 3.57. The highest BCUT2D eigenvalue weighted by Crippen LogP contribution is 2.27. The minimum absolute atomic E-state index is 0.0384. The van der Waals surface area contributed by atoms with Crippen molar-refractivity contribution in [2.45, 2.75) is 6.42 Å². The van der Waals surface area contributed by atoms with Crippen LogP contribution in [0.2, 0.25) is 0 Å². The van der Waals surface area contributed by atoms with Crippen LogP contribution in [0.1, 0.15) is 5.56 Å². The van der Waals surface area contributed by atoms with E-state index in [2.05, 4.69) is 9.97 Å². The minimum Gasteiger partial charge on any atom is -0.278 e. The van der Waals surface area contributed by atoms with Gasteiger partial charge in [-0.25, -0.2) is 9.97 Å². The second-order valence-electron chi connectivity index (χ2n) is 5.26. The number of aromatic nitrogens is 2. The average molecular weight is 334 g/mol. The molecule has 0 bridgehead atoms. The molecule has 1 amide bonds. The lowest BCUT2D eigenvalue weighted by Crippen LogP contribution is -2.27. The zero-order valence-corrected chi connectivity index (χ0v) is 13.1. The lowest BCUT2D eigenvalue weighted by Gasteiger charge is -2.22. The summed E-state index contributed by atoms with van der Waals surface area (Å²) in [7, 11) is 0. The van der Waals surface area contributed by atoms with E-state index in [0.29, 0.717) is 11.4 Å². The van der Waals surface area contributed by atoms with E-state index in [1.807, 2.05) is 30.3 Å². The Bertz CT molecular complexity index is 868. The van der Waals surface area contributed by atoms with Crippen LogP contribution in [-0.2, 0) is 11.2 Å². The fraction of sp³-hybridized carbons (Fsp3) is 0.0556. The number of non-ortho nitro benzene ring substituents is 1. The number of anilines is 2. The maximum Gasteiger partial charge on any atom is 0.269 e. The second-order valence-corrected chi connectivity index (χ2v) is 5.26. The van der Waals surface area contributed by atoms with Crippen LogP contribution >= 0.6 is 0 Å².